The van der Waals surface area contributed by atoms with Crippen LogP contribution in [0, 0.1) is 0 Å². The van der Waals surface area contributed by atoms with Crippen LogP contribution in [0.2, 0.25) is 0 Å². The molecule has 2 aliphatic heterocycles. The second kappa shape index (κ2) is 7.27. The number of amidine groups is 1. The van der Waals surface area contributed by atoms with E-state index in [1.807, 2.05) is 4.90 Å². The first-order valence-corrected chi connectivity index (χ1v) is 10.6. The van der Waals surface area contributed by atoms with Crippen molar-refractivity contribution in [2.75, 3.05) is 19.0 Å². The fourth-order valence-corrected chi connectivity index (χ4v) is 4.87. The molecule has 0 saturated carbocycles. The molecule has 1 N–H and O–H groups in total. The Morgan fingerprint density at radius 2 is 1.89 bits per heavy atom. The Hall–Kier alpha value is -2.87. The molecule has 28 heavy (non-hydrogen) atoms. The van der Waals surface area contributed by atoms with Crippen LogP contribution in [0.25, 0.3) is 0 Å². The summed E-state index contributed by atoms with van der Waals surface area (Å²) in [6.07, 6.45) is 2.43. The predicted molar refractivity (Wildman–Crippen MR) is 106 cm³/mol. The number of piperidine rings is 1. The molecule has 2 aromatic rings. The van der Waals surface area contributed by atoms with Crippen molar-refractivity contribution in [3.8, 4) is 5.75 Å². The minimum Gasteiger partial charge on any atom is -0.497 e. The zero-order valence-electron chi connectivity index (χ0n) is 15.5. The first-order chi connectivity index (χ1) is 13.5. The van der Waals surface area contributed by atoms with Gasteiger partial charge in [-0.1, -0.05) is 12.1 Å². The van der Waals surface area contributed by atoms with Crippen LogP contribution in [0.1, 0.15) is 24.8 Å². The number of amides is 1. The zero-order chi connectivity index (χ0) is 19.7. The highest BCUT2D eigenvalue weighted by Crippen LogP contribution is 2.31. The minimum atomic E-state index is -3.72. The molecule has 4 rings (SSSR count). The summed E-state index contributed by atoms with van der Waals surface area (Å²) < 4.78 is 33.9. The summed E-state index contributed by atoms with van der Waals surface area (Å²) in [5.74, 6) is 0.902. The molecule has 2 aromatic carbocycles. The molecule has 0 aliphatic carbocycles. The SMILES string of the molecule is COc1ccc(NC(=O)[C@@H]2CCCCN2C2=NS(=O)(=O)c3ccccc32)cc1. The van der Waals surface area contributed by atoms with Gasteiger partial charge in [0.1, 0.15) is 16.7 Å². The van der Waals surface area contributed by atoms with Gasteiger partial charge in [0, 0.05) is 17.8 Å². The van der Waals surface area contributed by atoms with Crippen LogP contribution in [0.3, 0.4) is 0 Å². The average molecular weight is 399 g/mol. The minimum absolute atomic E-state index is 0.172. The standard InChI is InChI=1S/C20H21N3O4S/c1-27-15-11-9-14(10-12-15)21-20(24)17-7-4-5-13-23(17)19-16-6-2-3-8-18(16)28(25,26)22-19/h2-3,6,8-12,17H,4-5,7,13H2,1H3,(H,21,24)/t17-/m0/s1. The maximum absolute atomic E-state index is 13.0. The zero-order valence-corrected chi connectivity index (χ0v) is 16.3. The second-order valence-electron chi connectivity index (χ2n) is 6.81. The molecule has 2 heterocycles. The van der Waals surface area contributed by atoms with Crippen LogP contribution in [-0.4, -0.2) is 44.8 Å². The van der Waals surface area contributed by atoms with Crippen molar-refractivity contribution in [3.63, 3.8) is 0 Å². The highest BCUT2D eigenvalue weighted by Gasteiger charge is 2.37. The number of fused-ring (bicyclic) bond motifs is 1. The van der Waals surface area contributed by atoms with E-state index in [0.29, 0.717) is 35.8 Å². The highest BCUT2D eigenvalue weighted by molar-refractivity contribution is 7.90. The number of rotatable bonds is 3. The predicted octanol–water partition coefficient (Wildman–Crippen LogP) is 2.64. The first kappa shape index (κ1) is 18.5. The number of hydrogen-bond donors (Lipinski definition) is 1. The normalized spacial score (nSPS) is 20.2. The Kier molecular flexibility index (Phi) is 4.80. The molecule has 7 nitrogen and oxygen atoms in total. The van der Waals surface area contributed by atoms with Gasteiger partial charge in [0.25, 0.3) is 10.0 Å². The lowest BCUT2D eigenvalue weighted by Gasteiger charge is -2.36. The smallest absolute Gasteiger partial charge is 0.285 e. The van der Waals surface area contributed by atoms with E-state index >= 15 is 0 Å². The van der Waals surface area contributed by atoms with Crippen LogP contribution in [0.4, 0.5) is 5.69 Å². The van der Waals surface area contributed by atoms with Crippen LogP contribution >= 0.6 is 0 Å². The number of benzene rings is 2. The fourth-order valence-electron chi connectivity index (χ4n) is 3.65. The van der Waals surface area contributed by atoms with Gasteiger partial charge in [-0.15, -0.1) is 4.40 Å². The molecule has 146 valence electrons. The molecule has 8 heteroatoms. The summed E-state index contributed by atoms with van der Waals surface area (Å²) in [6, 6.07) is 13.4. The third-order valence-corrected chi connectivity index (χ3v) is 6.37. The van der Waals surface area contributed by atoms with E-state index in [0.717, 1.165) is 12.8 Å². The maximum Gasteiger partial charge on any atom is 0.285 e. The number of sulfonamides is 1. The van der Waals surface area contributed by atoms with Gasteiger partial charge in [-0.05, 0) is 55.7 Å². The number of ether oxygens (including phenoxy) is 1. The molecule has 1 saturated heterocycles. The van der Waals surface area contributed by atoms with Gasteiger partial charge in [0.15, 0.2) is 5.84 Å². The van der Waals surface area contributed by atoms with E-state index < -0.39 is 16.1 Å². The third-order valence-electron chi connectivity index (χ3n) is 5.05. The Bertz CT molecular complexity index is 1030. The largest absolute Gasteiger partial charge is 0.497 e. The maximum atomic E-state index is 13.0. The lowest BCUT2D eigenvalue weighted by Crippen LogP contribution is -2.50. The third kappa shape index (κ3) is 3.35. The number of anilines is 1. The van der Waals surface area contributed by atoms with Gasteiger partial charge < -0.3 is 15.0 Å². The van der Waals surface area contributed by atoms with Gasteiger partial charge in [0.2, 0.25) is 5.91 Å². The molecule has 1 fully saturated rings. The van der Waals surface area contributed by atoms with Gasteiger partial charge in [-0.25, -0.2) is 0 Å². The van der Waals surface area contributed by atoms with E-state index in [4.69, 9.17) is 4.74 Å². The number of nitrogens with one attached hydrogen (secondary N) is 1. The number of likely N-dealkylation sites (tertiary alicyclic amines) is 1. The molecule has 0 aromatic heterocycles. The summed E-state index contributed by atoms with van der Waals surface area (Å²) in [6.45, 7) is 0.587. The van der Waals surface area contributed by atoms with Crippen molar-refractivity contribution < 1.29 is 17.9 Å². The van der Waals surface area contributed by atoms with E-state index in [1.54, 1.807) is 55.6 Å². The number of methoxy groups -OCH3 is 1. The molecule has 0 bridgehead atoms. The Morgan fingerprint density at radius 3 is 2.64 bits per heavy atom. The van der Waals surface area contributed by atoms with Gasteiger partial charge in [-0.3, -0.25) is 4.79 Å². The first-order valence-electron chi connectivity index (χ1n) is 9.15. The quantitative estimate of drug-likeness (QED) is 0.857. The lowest BCUT2D eigenvalue weighted by molar-refractivity contribution is -0.120. The Labute approximate surface area is 164 Å². The molecular formula is C20H21N3O4S. The number of carbonyl (C=O) groups excluding carboxylic acids is 1. The number of carbonyl (C=O) groups is 1. The van der Waals surface area contributed by atoms with Crippen LogP contribution in [0.15, 0.2) is 57.8 Å². The highest BCUT2D eigenvalue weighted by atomic mass is 32.2. The van der Waals surface area contributed by atoms with Crippen LogP contribution < -0.4 is 10.1 Å². The van der Waals surface area contributed by atoms with Crippen molar-refractivity contribution in [2.45, 2.75) is 30.2 Å². The molecule has 1 amide bonds. The number of nitrogens with zero attached hydrogens (tertiary/aromatic N) is 2. The molecule has 1 atom stereocenters. The lowest BCUT2D eigenvalue weighted by atomic mass is 9.99. The summed E-state index contributed by atoms with van der Waals surface area (Å²) in [7, 11) is -2.13. The van der Waals surface area contributed by atoms with E-state index in [2.05, 4.69) is 9.71 Å². The molecular weight excluding hydrogens is 378 g/mol. The van der Waals surface area contributed by atoms with Crippen molar-refractivity contribution in [3.05, 3.63) is 54.1 Å². The topological polar surface area (TPSA) is 88.1 Å². The van der Waals surface area contributed by atoms with Crippen molar-refractivity contribution >= 4 is 27.5 Å². The number of hydrogen-bond acceptors (Lipinski definition) is 5. The second-order valence-corrected chi connectivity index (χ2v) is 8.38. The summed E-state index contributed by atoms with van der Waals surface area (Å²) >= 11 is 0. The van der Waals surface area contributed by atoms with Crippen LogP contribution in [-0.2, 0) is 14.8 Å². The van der Waals surface area contributed by atoms with Crippen molar-refractivity contribution in [1.82, 2.24) is 4.90 Å². The fraction of sp³-hybridized carbons (Fsp3) is 0.300. The van der Waals surface area contributed by atoms with Crippen molar-refractivity contribution in [1.29, 1.82) is 0 Å². The summed E-state index contributed by atoms with van der Waals surface area (Å²) in [5, 5.41) is 2.92. The summed E-state index contributed by atoms with van der Waals surface area (Å²) in [5.41, 5.74) is 1.23. The Morgan fingerprint density at radius 1 is 1.14 bits per heavy atom. The molecule has 0 spiro atoms. The summed E-state index contributed by atoms with van der Waals surface area (Å²) in [4.78, 5) is 15.0. The Balaban J connectivity index is 1.61. The van der Waals surface area contributed by atoms with Crippen molar-refractivity contribution in [2.24, 2.45) is 4.40 Å². The van der Waals surface area contributed by atoms with Gasteiger partial charge >= 0.3 is 0 Å². The molecule has 0 radical (unpaired) electrons. The van der Waals surface area contributed by atoms with Gasteiger partial charge in [0.05, 0.1) is 7.11 Å². The van der Waals surface area contributed by atoms with E-state index in [9.17, 15) is 13.2 Å². The van der Waals surface area contributed by atoms with Crippen LogP contribution in [0.5, 0.6) is 5.75 Å². The average Bonchev–Trinajstić information content (AvgIpc) is 3.00. The van der Waals surface area contributed by atoms with E-state index in [1.165, 1.54) is 0 Å². The van der Waals surface area contributed by atoms with Gasteiger partial charge in [-0.2, -0.15) is 8.42 Å². The monoisotopic (exact) mass is 399 g/mol. The molecule has 2 aliphatic rings. The van der Waals surface area contributed by atoms with E-state index in [-0.39, 0.29) is 10.8 Å². The molecule has 0 unspecified atom stereocenters.